The molecule has 2 rings (SSSR count). The predicted octanol–water partition coefficient (Wildman–Crippen LogP) is -2.58. The maximum absolute atomic E-state index is 11.9. The van der Waals surface area contributed by atoms with Gasteiger partial charge in [0, 0.05) is 30.5 Å². The van der Waals surface area contributed by atoms with Gasteiger partial charge in [-0.25, -0.2) is 0 Å². The number of hydrogen-bond acceptors (Lipinski definition) is 4. The second kappa shape index (κ2) is 7.97. The van der Waals surface area contributed by atoms with Crippen LogP contribution >= 0.6 is 11.6 Å². The summed E-state index contributed by atoms with van der Waals surface area (Å²) in [4.78, 5) is 34.0. The maximum Gasteiger partial charge on any atom is 1.00 e. The Hall–Kier alpha value is -1.08. The van der Waals surface area contributed by atoms with Gasteiger partial charge in [-0.1, -0.05) is 11.6 Å². The van der Waals surface area contributed by atoms with E-state index in [9.17, 15) is 19.5 Å². The average molecular weight is 333 g/mol. The fourth-order valence-corrected chi connectivity index (χ4v) is 2.45. The number of carbonyl (C=O) groups is 3. The third-order valence-electron chi connectivity index (χ3n) is 3.55. The minimum absolute atomic E-state index is 0. The Morgan fingerprint density at radius 2 is 1.86 bits per heavy atom. The third-order valence-corrected chi connectivity index (χ3v) is 3.86. The normalized spacial score (nSPS) is 19.4. The number of aliphatic carboxylic acids is 1. The summed E-state index contributed by atoms with van der Waals surface area (Å²) in [5, 5.41) is 15.9. The van der Waals surface area contributed by atoms with Crippen LogP contribution < -0.4 is 45.3 Å². The molecular weight excluding hydrogens is 319 g/mol. The summed E-state index contributed by atoms with van der Waals surface area (Å²) in [6, 6.07) is 4.57. The molecule has 2 amide bonds. The molecule has 0 aliphatic heterocycles. The van der Waals surface area contributed by atoms with E-state index in [0.29, 0.717) is 11.3 Å². The maximum atomic E-state index is 11.9. The number of carboxylic acid groups (broad SMARTS) is 1. The van der Waals surface area contributed by atoms with E-state index in [1.165, 1.54) is 19.2 Å². The molecule has 0 unspecified atom stereocenters. The number of nitrogens with one attached hydrogen (secondary N) is 2. The van der Waals surface area contributed by atoms with E-state index >= 15 is 0 Å². The van der Waals surface area contributed by atoms with Gasteiger partial charge in [-0.05, 0) is 31.0 Å². The van der Waals surface area contributed by atoms with Crippen molar-refractivity contribution >= 4 is 35.1 Å². The van der Waals surface area contributed by atoms with Crippen LogP contribution in [0.3, 0.4) is 0 Å². The van der Waals surface area contributed by atoms with Crippen LogP contribution in [0, 0.1) is 11.8 Å². The molecule has 0 heterocycles. The van der Waals surface area contributed by atoms with Gasteiger partial charge < -0.3 is 20.5 Å². The van der Waals surface area contributed by atoms with Crippen molar-refractivity contribution in [3.63, 3.8) is 0 Å². The molecule has 0 spiro atoms. The van der Waals surface area contributed by atoms with Crippen molar-refractivity contribution in [2.45, 2.75) is 12.8 Å². The summed E-state index contributed by atoms with van der Waals surface area (Å²) in [6.07, 6.45) is 0.580. The SMILES string of the molecule is CNC(=O)c1ccc(NC(=O)C2CC(C(=O)[O-])C2)cc1Cl.[Na+]. The Labute approximate surface area is 154 Å². The molecule has 22 heavy (non-hydrogen) atoms. The van der Waals surface area contributed by atoms with Crippen molar-refractivity contribution in [3.8, 4) is 0 Å². The summed E-state index contributed by atoms with van der Waals surface area (Å²) in [7, 11) is 1.50. The van der Waals surface area contributed by atoms with E-state index in [1.807, 2.05) is 0 Å². The summed E-state index contributed by atoms with van der Waals surface area (Å²) in [5.74, 6) is -2.55. The van der Waals surface area contributed by atoms with Crippen LogP contribution in [0.5, 0.6) is 0 Å². The molecule has 1 aliphatic carbocycles. The summed E-state index contributed by atoms with van der Waals surface area (Å²) in [5.41, 5.74) is 0.785. The average Bonchev–Trinajstić information content (AvgIpc) is 2.35. The van der Waals surface area contributed by atoms with Gasteiger partial charge in [0.05, 0.1) is 10.6 Å². The number of benzene rings is 1. The van der Waals surface area contributed by atoms with Crippen LogP contribution in [-0.4, -0.2) is 24.8 Å². The monoisotopic (exact) mass is 332 g/mol. The van der Waals surface area contributed by atoms with E-state index in [1.54, 1.807) is 6.07 Å². The number of hydrogen-bond donors (Lipinski definition) is 2. The molecule has 1 aromatic carbocycles. The molecule has 0 atom stereocenters. The molecule has 0 radical (unpaired) electrons. The second-order valence-corrected chi connectivity index (χ2v) is 5.35. The Kier molecular flexibility index (Phi) is 6.87. The number of halogens is 1. The van der Waals surface area contributed by atoms with Crippen LogP contribution in [0.1, 0.15) is 23.2 Å². The Bertz CT molecular complexity index is 603. The minimum atomic E-state index is -1.11. The van der Waals surface area contributed by atoms with E-state index in [0.717, 1.165) is 0 Å². The first kappa shape index (κ1) is 19.0. The first-order valence-corrected chi connectivity index (χ1v) is 6.83. The molecule has 1 fully saturated rings. The zero-order chi connectivity index (χ0) is 15.6. The van der Waals surface area contributed by atoms with Crippen molar-refractivity contribution in [3.05, 3.63) is 28.8 Å². The number of carbonyl (C=O) groups excluding carboxylic acids is 3. The van der Waals surface area contributed by atoms with Gasteiger partial charge in [0.25, 0.3) is 5.91 Å². The van der Waals surface area contributed by atoms with Crippen LogP contribution in [0.15, 0.2) is 18.2 Å². The van der Waals surface area contributed by atoms with Crippen molar-refractivity contribution in [2.24, 2.45) is 11.8 Å². The van der Waals surface area contributed by atoms with Gasteiger partial charge in [-0.2, -0.15) is 0 Å². The van der Waals surface area contributed by atoms with Gasteiger partial charge in [0.2, 0.25) is 5.91 Å². The third kappa shape index (κ3) is 4.23. The van der Waals surface area contributed by atoms with Crippen molar-refractivity contribution < 1.29 is 49.0 Å². The van der Waals surface area contributed by atoms with E-state index in [4.69, 9.17) is 11.6 Å². The van der Waals surface area contributed by atoms with Crippen molar-refractivity contribution in [1.29, 1.82) is 0 Å². The Morgan fingerprint density at radius 1 is 1.23 bits per heavy atom. The number of anilines is 1. The molecule has 2 N–H and O–H groups in total. The number of carboxylic acids is 1. The fourth-order valence-electron chi connectivity index (χ4n) is 2.18. The molecule has 0 bridgehead atoms. The predicted molar refractivity (Wildman–Crippen MR) is 74.7 cm³/mol. The van der Waals surface area contributed by atoms with Crippen molar-refractivity contribution in [1.82, 2.24) is 5.32 Å². The molecule has 6 nitrogen and oxygen atoms in total. The van der Waals surface area contributed by atoms with Crippen LogP contribution in [-0.2, 0) is 9.59 Å². The van der Waals surface area contributed by atoms with Crippen LogP contribution in [0.4, 0.5) is 5.69 Å². The summed E-state index contributed by atoms with van der Waals surface area (Å²) >= 11 is 5.98. The first-order chi connectivity index (χ1) is 9.92. The van der Waals surface area contributed by atoms with Gasteiger partial charge in [-0.3, -0.25) is 9.59 Å². The molecule has 8 heteroatoms. The van der Waals surface area contributed by atoms with Crippen LogP contribution in [0.2, 0.25) is 5.02 Å². The largest absolute Gasteiger partial charge is 1.00 e. The molecule has 1 aliphatic rings. The van der Waals surface area contributed by atoms with Gasteiger partial charge >= 0.3 is 29.6 Å². The van der Waals surface area contributed by atoms with Crippen molar-refractivity contribution in [2.75, 3.05) is 12.4 Å². The standard InChI is InChI=1S/C14H15ClN2O4.Na/c1-16-13(19)10-3-2-9(6-11(10)15)17-12(18)7-4-8(5-7)14(20)21;/h2-3,6-8H,4-5H2,1H3,(H,16,19)(H,17,18)(H,20,21);/q;+1/p-1. The first-order valence-electron chi connectivity index (χ1n) is 6.45. The molecule has 112 valence electrons. The Balaban J connectivity index is 0.00000242. The molecule has 1 aromatic rings. The second-order valence-electron chi connectivity index (χ2n) is 4.95. The summed E-state index contributed by atoms with van der Waals surface area (Å²) < 4.78 is 0. The van der Waals surface area contributed by atoms with E-state index in [2.05, 4.69) is 10.6 Å². The quantitative estimate of drug-likeness (QED) is 0.592. The molecule has 0 saturated heterocycles. The van der Waals surface area contributed by atoms with E-state index in [-0.39, 0.29) is 65.2 Å². The summed E-state index contributed by atoms with van der Waals surface area (Å²) in [6.45, 7) is 0. The topological polar surface area (TPSA) is 98.3 Å². The van der Waals surface area contributed by atoms with Gasteiger partial charge in [0.15, 0.2) is 0 Å². The van der Waals surface area contributed by atoms with Gasteiger partial charge in [0.1, 0.15) is 0 Å². The molecule has 0 aromatic heterocycles. The zero-order valence-electron chi connectivity index (χ0n) is 12.3. The minimum Gasteiger partial charge on any atom is -0.550 e. The van der Waals surface area contributed by atoms with Gasteiger partial charge in [-0.15, -0.1) is 0 Å². The number of rotatable bonds is 4. The Morgan fingerprint density at radius 3 is 2.36 bits per heavy atom. The van der Waals surface area contributed by atoms with Crippen LogP contribution in [0.25, 0.3) is 0 Å². The van der Waals surface area contributed by atoms with E-state index < -0.39 is 11.9 Å². The number of amides is 2. The molecule has 1 saturated carbocycles. The fraction of sp³-hybridized carbons (Fsp3) is 0.357. The molecular formula is C14H14ClN2NaO4. The smallest absolute Gasteiger partial charge is 0.550 e. The zero-order valence-corrected chi connectivity index (χ0v) is 15.1.